The SMILES string of the molecule is CC(=O)OC1(C)C=CC(C)=CC1. The largest absolute Gasteiger partial charge is 0.455 e. The zero-order valence-corrected chi connectivity index (χ0v) is 7.76. The molecule has 0 spiro atoms. The fourth-order valence-electron chi connectivity index (χ4n) is 1.21. The van der Waals surface area contributed by atoms with Gasteiger partial charge in [-0.2, -0.15) is 0 Å². The molecule has 12 heavy (non-hydrogen) atoms. The summed E-state index contributed by atoms with van der Waals surface area (Å²) in [5.41, 5.74) is 0.797. The van der Waals surface area contributed by atoms with Gasteiger partial charge in [0.2, 0.25) is 0 Å². The molecule has 1 atom stereocenters. The topological polar surface area (TPSA) is 26.3 Å². The molecular formula is C10H14O2. The van der Waals surface area contributed by atoms with Crippen LogP contribution in [0.4, 0.5) is 0 Å². The standard InChI is InChI=1S/C10H14O2/c1-8-4-6-10(3,7-5-8)12-9(2)11/h4-6H,7H2,1-3H3. The fraction of sp³-hybridized carbons (Fsp3) is 0.500. The summed E-state index contributed by atoms with van der Waals surface area (Å²) in [4.78, 5) is 10.7. The van der Waals surface area contributed by atoms with Crippen molar-refractivity contribution in [3.05, 3.63) is 23.8 Å². The van der Waals surface area contributed by atoms with Crippen molar-refractivity contribution in [1.29, 1.82) is 0 Å². The Kier molecular flexibility index (Phi) is 2.36. The van der Waals surface area contributed by atoms with Crippen molar-refractivity contribution in [3.63, 3.8) is 0 Å². The van der Waals surface area contributed by atoms with Gasteiger partial charge < -0.3 is 4.74 Å². The van der Waals surface area contributed by atoms with Crippen LogP contribution in [0.3, 0.4) is 0 Å². The van der Waals surface area contributed by atoms with Crippen LogP contribution in [0.1, 0.15) is 27.2 Å². The first-order valence-electron chi connectivity index (χ1n) is 4.07. The molecule has 0 radical (unpaired) electrons. The predicted molar refractivity (Wildman–Crippen MR) is 47.7 cm³/mol. The molecule has 0 saturated heterocycles. The number of carbonyl (C=O) groups is 1. The van der Waals surface area contributed by atoms with E-state index in [9.17, 15) is 4.79 Å². The van der Waals surface area contributed by atoms with Crippen LogP contribution in [0, 0.1) is 0 Å². The molecule has 0 bridgehead atoms. The molecule has 0 N–H and O–H groups in total. The highest BCUT2D eigenvalue weighted by molar-refractivity contribution is 5.67. The highest BCUT2D eigenvalue weighted by Gasteiger charge is 2.24. The van der Waals surface area contributed by atoms with Crippen molar-refractivity contribution < 1.29 is 9.53 Å². The van der Waals surface area contributed by atoms with Crippen molar-refractivity contribution in [1.82, 2.24) is 0 Å². The normalized spacial score (nSPS) is 28.1. The highest BCUT2D eigenvalue weighted by atomic mass is 16.6. The number of hydrogen-bond acceptors (Lipinski definition) is 2. The maximum Gasteiger partial charge on any atom is 0.303 e. The number of hydrogen-bond donors (Lipinski definition) is 0. The molecule has 1 unspecified atom stereocenters. The second-order valence-corrected chi connectivity index (χ2v) is 3.39. The van der Waals surface area contributed by atoms with Crippen LogP contribution in [0.15, 0.2) is 23.8 Å². The third-order valence-electron chi connectivity index (χ3n) is 1.91. The summed E-state index contributed by atoms with van der Waals surface area (Å²) < 4.78 is 5.16. The fourth-order valence-corrected chi connectivity index (χ4v) is 1.21. The van der Waals surface area contributed by atoms with Gasteiger partial charge in [0, 0.05) is 13.3 Å². The summed E-state index contributed by atoms with van der Waals surface area (Å²) in [5, 5.41) is 0. The van der Waals surface area contributed by atoms with Crippen LogP contribution in [0.5, 0.6) is 0 Å². The van der Waals surface area contributed by atoms with Gasteiger partial charge in [0.25, 0.3) is 0 Å². The number of carbonyl (C=O) groups excluding carboxylic acids is 1. The second kappa shape index (κ2) is 3.13. The number of ether oxygens (including phenoxy) is 1. The van der Waals surface area contributed by atoms with Crippen LogP contribution < -0.4 is 0 Å². The van der Waals surface area contributed by atoms with Crippen LogP contribution >= 0.6 is 0 Å². The quantitative estimate of drug-likeness (QED) is 0.558. The van der Waals surface area contributed by atoms with Gasteiger partial charge in [-0.15, -0.1) is 0 Å². The summed E-state index contributed by atoms with van der Waals surface area (Å²) >= 11 is 0. The Morgan fingerprint density at radius 1 is 1.67 bits per heavy atom. The summed E-state index contributed by atoms with van der Waals surface area (Å²) in [6.07, 6.45) is 6.76. The van der Waals surface area contributed by atoms with Gasteiger partial charge >= 0.3 is 5.97 Å². The average Bonchev–Trinajstić information content (AvgIpc) is 1.94. The van der Waals surface area contributed by atoms with Crippen molar-refractivity contribution >= 4 is 5.97 Å². The Hall–Kier alpha value is -1.05. The predicted octanol–water partition coefficient (Wildman–Crippen LogP) is 2.21. The Labute approximate surface area is 72.9 Å². The van der Waals surface area contributed by atoms with Crippen molar-refractivity contribution in [3.8, 4) is 0 Å². The molecule has 0 aromatic heterocycles. The molecule has 1 aliphatic rings. The van der Waals surface area contributed by atoms with E-state index in [2.05, 4.69) is 6.08 Å². The van der Waals surface area contributed by atoms with E-state index in [1.165, 1.54) is 12.5 Å². The van der Waals surface area contributed by atoms with E-state index in [0.29, 0.717) is 0 Å². The molecule has 0 aromatic rings. The Balaban J connectivity index is 2.65. The van der Waals surface area contributed by atoms with E-state index >= 15 is 0 Å². The maximum atomic E-state index is 10.7. The molecule has 0 aromatic carbocycles. The lowest BCUT2D eigenvalue weighted by Crippen LogP contribution is -2.29. The van der Waals surface area contributed by atoms with Crippen LogP contribution in [-0.2, 0) is 9.53 Å². The first-order valence-corrected chi connectivity index (χ1v) is 4.07. The third kappa shape index (κ3) is 2.22. The Bertz CT molecular complexity index is 251. The lowest BCUT2D eigenvalue weighted by Gasteiger charge is -2.26. The average molecular weight is 166 g/mol. The van der Waals surface area contributed by atoms with Crippen molar-refractivity contribution in [2.24, 2.45) is 0 Å². The molecule has 0 saturated carbocycles. The number of allylic oxidation sites excluding steroid dienone is 2. The van der Waals surface area contributed by atoms with Gasteiger partial charge in [0.1, 0.15) is 5.60 Å². The zero-order valence-electron chi connectivity index (χ0n) is 7.76. The molecule has 66 valence electrons. The van der Waals surface area contributed by atoms with Crippen molar-refractivity contribution in [2.45, 2.75) is 32.8 Å². The monoisotopic (exact) mass is 166 g/mol. The summed E-state index contributed by atoms with van der Waals surface area (Å²) in [7, 11) is 0. The Morgan fingerprint density at radius 3 is 2.75 bits per heavy atom. The minimum atomic E-state index is -0.425. The van der Waals surface area contributed by atoms with Gasteiger partial charge in [-0.3, -0.25) is 4.79 Å². The van der Waals surface area contributed by atoms with Crippen molar-refractivity contribution in [2.75, 3.05) is 0 Å². The zero-order chi connectivity index (χ0) is 9.19. The van der Waals surface area contributed by atoms with Gasteiger partial charge in [-0.05, 0) is 19.9 Å². The van der Waals surface area contributed by atoms with Crippen LogP contribution in [0.2, 0.25) is 0 Å². The summed E-state index contributed by atoms with van der Waals surface area (Å²) in [6.45, 7) is 5.38. The van der Waals surface area contributed by atoms with E-state index in [1.807, 2.05) is 26.0 Å². The first-order chi connectivity index (χ1) is 5.52. The Morgan fingerprint density at radius 2 is 2.33 bits per heavy atom. The molecule has 0 aliphatic heterocycles. The lowest BCUT2D eigenvalue weighted by atomic mass is 9.94. The van der Waals surface area contributed by atoms with E-state index in [-0.39, 0.29) is 5.97 Å². The summed E-state index contributed by atoms with van der Waals surface area (Å²) in [6, 6.07) is 0. The van der Waals surface area contributed by atoms with Crippen LogP contribution in [0.25, 0.3) is 0 Å². The van der Waals surface area contributed by atoms with Gasteiger partial charge in [0.15, 0.2) is 0 Å². The number of esters is 1. The first kappa shape index (κ1) is 9.04. The highest BCUT2D eigenvalue weighted by Crippen LogP contribution is 2.24. The molecule has 0 heterocycles. The number of rotatable bonds is 1. The molecule has 1 aliphatic carbocycles. The second-order valence-electron chi connectivity index (χ2n) is 3.39. The molecule has 0 fully saturated rings. The van der Waals surface area contributed by atoms with Gasteiger partial charge in [-0.25, -0.2) is 0 Å². The van der Waals surface area contributed by atoms with E-state index < -0.39 is 5.60 Å². The van der Waals surface area contributed by atoms with Crippen LogP contribution in [-0.4, -0.2) is 11.6 Å². The summed E-state index contributed by atoms with van der Waals surface area (Å²) in [5.74, 6) is -0.227. The molecule has 1 rings (SSSR count). The van der Waals surface area contributed by atoms with Gasteiger partial charge in [0.05, 0.1) is 0 Å². The smallest absolute Gasteiger partial charge is 0.303 e. The van der Waals surface area contributed by atoms with E-state index in [4.69, 9.17) is 4.74 Å². The molecule has 2 heteroatoms. The van der Waals surface area contributed by atoms with Gasteiger partial charge in [-0.1, -0.05) is 17.7 Å². The third-order valence-corrected chi connectivity index (χ3v) is 1.91. The molecule has 0 amide bonds. The van der Waals surface area contributed by atoms with E-state index in [1.54, 1.807) is 0 Å². The van der Waals surface area contributed by atoms with E-state index in [0.717, 1.165) is 6.42 Å². The minimum absolute atomic E-state index is 0.227. The lowest BCUT2D eigenvalue weighted by molar-refractivity contribution is -0.150. The maximum absolute atomic E-state index is 10.7. The molecular weight excluding hydrogens is 152 g/mol. The molecule has 2 nitrogen and oxygen atoms in total. The minimum Gasteiger partial charge on any atom is -0.455 e.